The zero-order chi connectivity index (χ0) is 16.4. The lowest BCUT2D eigenvalue weighted by Crippen LogP contribution is -2.37. The normalized spacial score (nSPS) is 11.9. The predicted molar refractivity (Wildman–Crippen MR) is 79.0 cm³/mol. The van der Waals surface area contributed by atoms with E-state index in [0.29, 0.717) is 0 Å². The summed E-state index contributed by atoms with van der Waals surface area (Å²) >= 11 is 0. The molecular formula is C14H19NO5S. The van der Waals surface area contributed by atoms with Crippen molar-refractivity contribution in [1.29, 1.82) is 0 Å². The van der Waals surface area contributed by atoms with E-state index in [1.807, 2.05) is 0 Å². The Balaban J connectivity index is 3.53. The third kappa shape index (κ3) is 3.43. The second-order valence-corrected chi connectivity index (χ2v) is 6.76. The second kappa shape index (κ2) is 6.28. The molecule has 0 saturated heterocycles. The Morgan fingerprint density at radius 1 is 1.43 bits per heavy atom. The monoisotopic (exact) mass is 313 g/mol. The lowest BCUT2D eigenvalue weighted by molar-refractivity contribution is 0.0693. The van der Waals surface area contributed by atoms with E-state index in [2.05, 4.69) is 6.58 Å². The Hall–Kier alpha value is -1.86. The summed E-state index contributed by atoms with van der Waals surface area (Å²) in [5.74, 6) is -1.84. The highest BCUT2D eigenvalue weighted by Gasteiger charge is 2.29. The van der Waals surface area contributed by atoms with E-state index < -0.39 is 27.3 Å². The first kappa shape index (κ1) is 17.2. The van der Waals surface area contributed by atoms with Crippen LogP contribution in [0, 0.1) is 6.92 Å². The van der Waals surface area contributed by atoms with Gasteiger partial charge in [0.25, 0.3) is 0 Å². The van der Waals surface area contributed by atoms with Gasteiger partial charge in [-0.1, -0.05) is 6.08 Å². The van der Waals surface area contributed by atoms with Gasteiger partial charge in [0.05, 0.1) is 4.90 Å². The van der Waals surface area contributed by atoms with Crippen LogP contribution in [0.3, 0.4) is 0 Å². The van der Waals surface area contributed by atoms with Crippen LogP contribution >= 0.6 is 0 Å². The van der Waals surface area contributed by atoms with Crippen molar-refractivity contribution in [3.05, 3.63) is 35.9 Å². The van der Waals surface area contributed by atoms with Gasteiger partial charge in [-0.3, -0.25) is 0 Å². The fraction of sp³-hybridized carbons (Fsp3) is 0.357. The summed E-state index contributed by atoms with van der Waals surface area (Å²) in [4.78, 5) is 10.9. The van der Waals surface area contributed by atoms with Crippen LogP contribution in [0.4, 0.5) is 0 Å². The average molecular weight is 313 g/mol. The van der Waals surface area contributed by atoms with Crippen molar-refractivity contribution in [3.63, 3.8) is 0 Å². The van der Waals surface area contributed by atoms with Crippen molar-refractivity contribution in [2.45, 2.75) is 31.7 Å². The number of aromatic hydroxyl groups is 1. The molecule has 0 amide bonds. The van der Waals surface area contributed by atoms with E-state index in [4.69, 9.17) is 5.11 Å². The molecule has 1 aromatic rings. The van der Waals surface area contributed by atoms with Gasteiger partial charge in [0.1, 0.15) is 11.3 Å². The van der Waals surface area contributed by atoms with Gasteiger partial charge in [-0.25, -0.2) is 13.2 Å². The molecule has 0 bridgehead atoms. The number of hydrogen-bond acceptors (Lipinski definition) is 4. The van der Waals surface area contributed by atoms with Crippen LogP contribution in [0.1, 0.15) is 29.8 Å². The van der Waals surface area contributed by atoms with Gasteiger partial charge in [-0.15, -0.1) is 6.58 Å². The molecule has 0 saturated carbocycles. The molecule has 0 spiro atoms. The number of sulfonamides is 1. The van der Waals surface area contributed by atoms with Crippen LogP contribution in [0.2, 0.25) is 0 Å². The number of carboxylic acids is 1. The van der Waals surface area contributed by atoms with Gasteiger partial charge in [0, 0.05) is 12.6 Å². The molecule has 2 N–H and O–H groups in total. The molecule has 0 aliphatic rings. The molecule has 7 heteroatoms. The van der Waals surface area contributed by atoms with Gasteiger partial charge in [0.15, 0.2) is 0 Å². The van der Waals surface area contributed by atoms with Crippen molar-refractivity contribution >= 4 is 16.0 Å². The van der Waals surface area contributed by atoms with Crippen LogP contribution in [0.5, 0.6) is 5.75 Å². The van der Waals surface area contributed by atoms with Crippen molar-refractivity contribution < 1.29 is 23.4 Å². The van der Waals surface area contributed by atoms with E-state index in [9.17, 15) is 18.3 Å². The van der Waals surface area contributed by atoms with Crippen molar-refractivity contribution in [2.75, 3.05) is 6.54 Å². The molecule has 0 aliphatic heterocycles. The van der Waals surface area contributed by atoms with Crippen LogP contribution in [0.15, 0.2) is 29.7 Å². The Bertz CT molecular complexity index is 664. The number of benzene rings is 1. The summed E-state index contributed by atoms with van der Waals surface area (Å²) in [5, 5.41) is 18.6. The van der Waals surface area contributed by atoms with Gasteiger partial charge in [-0.05, 0) is 38.5 Å². The van der Waals surface area contributed by atoms with Crippen molar-refractivity contribution in [2.24, 2.45) is 0 Å². The average Bonchev–Trinajstić information content (AvgIpc) is 2.34. The molecular weight excluding hydrogens is 294 g/mol. The number of carboxylic acid groups (broad SMARTS) is 1. The highest BCUT2D eigenvalue weighted by molar-refractivity contribution is 7.89. The molecule has 0 aromatic heterocycles. The standard InChI is InChI=1S/C14H19NO5S/c1-5-6-15(9(2)3)21(19,20)13-8-11(14(17)18)12(16)7-10(13)4/h5,7-9,16H,1,6H2,2-4H3,(H,17,18). The Kier molecular flexibility index (Phi) is 5.14. The highest BCUT2D eigenvalue weighted by Crippen LogP contribution is 2.28. The maximum absolute atomic E-state index is 12.7. The Morgan fingerprint density at radius 3 is 2.43 bits per heavy atom. The number of aromatic carboxylic acids is 1. The number of hydrogen-bond donors (Lipinski definition) is 2. The van der Waals surface area contributed by atoms with Crippen LogP contribution in [-0.4, -0.2) is 41.5 Å². The minimum atomic E-state index is -3.88. The maximum Gasteiger partial charge on any atom is 0.339 e. The van der Waals surface area contributed by atoms with Gasteiger partial charge in [0.2, 0.25) is 10.0 Å². The molecule has 6 nitrogen and oxygen atoms in total. The van der Waals surface area contributed by atoms with Crippen molar-refractivity contribution in [3.8, 4) is 5.75 Å². The maximum atomic E-state index is 12.7. The summed E-state index contributed by atoms with van der Waals surface area (Å²) in [7, 11) is -3.88. The Morgan fingerprint density at radius 2 is 2.00 bits per heavy atom. The minimum absolute atomic E-state index is 0.114. The molecule has 0 fully saturated rings. The zero-order valence-electron chi connectivity index (χ0n) is 12.2. The van der Waals surface area contributed by atoms with Crippen LogP contribution < -0.4 is 0 Å². The molecule has 0 heterocycles. The van der Waals surface area contributed by atoms with E-state index in [1.165, 1.54) is 17.3 Å². The number of aryl methyl sites for hydroxylation is 1. The lowest BCUT2D eigenvalue weighted by Gasteiger charge is -2.25. The van der Waals surface area contributed by atoms with Gasteiger partial charge in [-0.2, -0.15) is 4.31 Å². The summed E-state index contributed by atoms with van der Waals surface area (Å²) in [6, 6.07) is 1.82. The molecule has 1 aromatic carbocycles. The lowest BCUT2D eigenvalue weighted by atomic mass is 10.1. The summed E-state index contributed by atoms with van der Waals surface area (Å²) in [5.41, 5.74) is -0.159. The largest absolute Gasteiger partial charge is 0.507 e. The van der Waals surface area contributed by atoms with Crippen LogP contribution in [0.25, 0.3) is 0 Å². The molecule has 0 unspecified atom stereocenters. The molecule has 21 heavy (non-hydrogen) atoms. The summed E-state index contributed by atoms with van der Waals surface area (Å²) < 4.78 is 26.6. The number of nitrogens with zero attached hydrogens (tertiary/aromatic N) is 1. The molecule has 0 aliphatic carbocycles. The third-order valence-electron chi connectivity index (χ3n) is 3.00. The molecule has 116 valence electrons. The molecule has 0 radical (unpaired) electrons. The molecule has 0 atom stereocenters. The van der Waals surface area contributed by atoms with Gasteiger partial charge >= 0.3 is 5.97 Å². The Labute approximate surface area is 124 Å². The quantitative estimate of drug-likeness (QED) is 0.783. The minimum Gasteiger partial charge on any atom is -0.507 e. The van der Waals surface area contributed by atoms with E-state index in [1.54, 1.807) is 13.8 Å². The number of phenols is 1. The SMILES string of the molecule is C=CCN(C(C)C)S(=O)(=O)c1cc(C(=O)O)c(O)cc1C. The first-order chi connectivity index (χ1) is 9.62. The van der Waals surface area contributed by atoms with Crippen molar-refractivity contribution in [1.82, 2.24) is 4.31 Å². The fourth-order valence-electron chi connectivity index (χ4n) is 1.96. The van der Waals surface area contributed by atoms with Gasteiger partial charge < -0.3 is 10.2 Å². The van der Waals surface area contributed by atoms with E-state index >= 15 is 0 Å². The zero-order valence-corrected chi connectivity index (χ0v) is 13.0. The van der Waals surface area contributed by atoms with Crippen LogP contribution in [-0.2, 0) is 10.0 Å². The smallest absolute Gasteiger partial charge is 0.339 e. The summed E-state index contributed by atoms with van der Waals surface area (Å²) in [6.07, 6.45) is 1.46. The summed E-state index contributed by atoms with van der Waals surface area (Å²) in [6.45, 7) is 8.58. The predicted octanol–water partition coefficient (Wildman–Crippen LogP) is 1.98. The third-order valence-corrected chi connectivity index (χ3v) is 5.18. The highest BCUT2D eigenvalue weighted by atomic mass is 32.2. The first-order valence-electron chi connectivity index (χ1n) is 6.32. The van der Waals surface area contributed by atoms with E-state index in [-0.39, 0.29) is 23.0 Å². The number of carbonyl (C=O) groups is 1. The molecule has 1 rings (SSSR count). The first-order valence-corrected chi connectivity index (χ1v) is 7.76. The second-order valence-electron chi connectivity index (χ2n) is 4.90. The van der Waals surface area contributed by atoms with E-state index in [0.717, 1.165) is 12.1 Å². The number of rotatable bonds is 6. The fourth-order valence-corrected chi connectivity index (χ4v) is 3.80. The topological polar surface area (TPSA) is 94.9 Å².